The SMILES string of the molecule is Cc1nc2cc(NC(=O)CCn3ccc4ccccc43)ccc2o1. The van der Waals surface area contributed by atoms with Crippen molar-refractivity contribution in [3.8, 4) is 0 Å². The van der Waals surface area contributed by atoms with Crippen molar-refractivity contribution >= 4 is 33.6 Å². The lowest BCUT2D eigenvalue weighted by Gasteiger charge is -2.07. The van der Waals surface area contributed by atoms with Crippen molar-refractivity contribution < 1.29 is 9.21 Å². The average Bonchev–Trinajstić information content (AvgIpc) is 3.15. The van der Waals surface area contributed by atoms with E-state index in [0.717, 1.165) is 22.3 Å². The first kappa shape index (κ1) is 14.5. The van der Waals surface area contributed by atoms with E-state index in [0.29, 0.717) is 18.9 Å². The van der Waals surface area contributed by atoms with E-state index in [-0.39, 0.29) is 5.91 Å². The van der Waals surface area contributed by atoms with E-state index in [4.69, 9.17) is 4.42 Å². The van der Waals surface area contributed by atoms with Gasteiger partial charge in [0.2, 0.25) is 5.91 Å². The third-order valence-corrected chi connectivity index (χ3v) is 4.04. The number of aromatic nitrogens is 2. The van der Waals surface area contributed by atoms with Crippen molar-refractivity contribution in [2.24, 2.45) is 0 Å². The molecule has 0 bridgehead atoms. The summed E-state index contributed by atoms with van der Waals surface area (Å²) in [5.41, 5.74) is 3.36. The summed E-state index contributed by atoms with van der Waals surface area (Å²) < 4.78 is 7.53. The summed E-state index contributed by atoms with van der Waals surface area (Å²) in [7, 11) is 0. The number of amides is 1. The van der Waals surface area contributed by atoms with E-state index < -0.39 is 0 Å². The number of hydrogen-bond acceptors (Lipinski definition) is 3. The highest BCUT2D eigenvalue weighted by atomic mass is 16.3. The van der Waals surface area contributed by atoms with Gasteiger partial charge in [-0.25, -0.2) is 4.98 Å². The van der Waals surface area contributed by atoms with E-state index >= 15 is 0 Å². The third-order valence-electron chi connectivity index (χ3n) is 4.04. The molecule has 0 saturated heterocycles. The van der Waals surface area contributed by atoms with Gasteiger partial charge in [0.25, 0.3) is 0 Å². The van der Waals surface area contributed by atoms with Crippen molar-refractivity contribution in [2.45, 2.75) is 19.9 Å². The Bertz CT molecular complexity index is 1030. The molecule has 5 heteroatoms. The first-order valence-electron chi connectivity index (χ1n) is 7.90. The van der Waals surface area contributed by atoms with Crippen molar-refractivity contribution in [3.63, 3.8) is 0 Å². The van der Waals surface area contributed by atoms with E-state index in [1.54, 1.807) is 6.92 Å². The number of nitrogens with one attached hydrogen (secondary N) is 1. The molecular formula is C19H17N3O2. The number of oxazole rings is 1. The lowest BCUT2D eigenvalue weighted by molar-refractivity contribution is -0.116. The minimum absolute atomic E-state index is 0.0210. The average molecular weight is 319 g/mol. The smallest absolute Gasteiger partial charge is 0.226 e. The molecule has 0 fully saturated rings. The van der Waals surface area contributed by atoms with E-state index in [9.17, 15) is 4.79 Å². The quantitative estimate of drug-likeness (QED) is 0.615. The van der Waals surface area contributed by atoms with Crippen molar-refractivity contribution in [3.05, 3.63) is 60.6 Å². The summed E-state index contributed by atoms with van der Waals surface area (Å²) in [6.07, 6.45) is 2.43. The third kappa shape index (κ3) is 2.76. The van der Waals surface area contributed by atoms with E-state index in [1.165, 1.54) is 5.39 Å². The number of hydrogen-bond donors (Lipinski definition) is 1. The van der Waals surface area contributed by atoms with Gasteiger partial charge in [0.1, 0.15) is 5.52 Å². The van der Waals surface area contributed by atoms with Crippen molar-refractivity contribution in [1.82, 2.24) is 9.55 Å². The van der Waals surface area contributed by atoms with Crippen LogP contribution in [0.15, 0.2) is 59.1 Å². The lowest BCUT2D eigenvalue weighted by Crippen LogP contribution is -2.14. The van der Waals surface area contributed by atoms with Crippen LogP contribution in [-0.2, 0) is 11.3 Å². The number of anilines is 1. The molecule has 1 N–H and O–H groups in total. The Hall–Kier alpha value is -3.08. The number of rotatable bonds is 4. The number of para-hydroxylation sites is 1. The molecule has 0 aliphatic heterocycles. The molecule has 4 rings (SSSR count). The first-order valence-corrected chi connectivity index (χ1v) is 7.90. The molecule has 0 spiro atoms. The molecule has 2 aromatic heterocycles. The van der Waals surface area contributed by atoms with Crippen molar-refractivity contribution in [1.29, 1.82) is 0 Å². The molecular weight excluding hydrogens is 302 g/mol. The summed E-state index contributed by atoms with van der Waals surface area (Å²) in [6.45, 7) is 2.45. The van der Waals surface area contributed by atoms with Crippen LogP contribution >= 0.6 is 0 Å². The standard InChI is InChI=1S/C19H17N3O2/c1-13-20-16-12-15(6-7-18(16)24-13)21-19(23)9-11-22-10-8-14-4-2-3-5-17(14)22/h2-8,10,12H,9,11H2,1H3,(H,21,23). The minimum Gasteiger partial charge on any atom is -0.441 e. The Balaban J connectivity index is 1.44. The summed E-state index contributed by atoms with van der Waals surface area (Å²) in [6, 6.07) is 15.7. The van der Waals surface area contributed by atoms with Crippen LogP contribution in [0.4, 0.5) is 5.69 Å². The highest BCUT2D eigenvalue weighted by Gasteiger charge is 2.07. The molecule has 2 aromatic carbocycles. The largest absolute Gasteiger partial charge is 0.441 e. The Kier molecular flexibility index (Phi) is 3.54. The maximum Gasteiger partial charge on any atom is 0.226 e. The Morgan fingerprint density at radius 1 is 1.21 bits per heavy atom. The monoisotopic (exact) mass is 319 g/mol. The number of nitrogens with zero attached hydrogens (tertiary/aromatic N) is 2. The fourth-order valence-electron chi connectivity index (χ4n) is 2.90. The first-order chi connectivity index (χ1) is 11.7. The zero-order valence-electron chi connectivity index (χ0n) is 13.3. The maximum absolute atomic E-state index is 12.2. The van der Waals surface area contributed by atoms with Gasteiger partial charge < -0.3 is 14.3 Å². The van der Waals surface area contributed by atoms with Crippen LogP contribution in [0.2, 0.25) is 0 Å². The highest BCUT2D eigenvalue weighted by Crippen LogP contribution is 2.20. The van der Waals surface area contributed by atoms with Gasteiger partial charge in [-0.2, -0.15) is 0 Å². The normalized spacial score (nSPS) is 11.2. The van der Waals surface area contributed by atoms with Crippen molar-refractivity contribution in [2.75, 3.05) is 5.32 Å². The van der Waals surface area contributed by atoms with Crippen LogP contribution in [0.5, 0.6) is 0 Å². The topological polar surface area (TPSA) is 60.1 Å². The van der Waals surface area contributed by atoms with Gasteiger partial charge in [0.05, 0.1) is 0 Å². The van der Waals surface area contributed by atoms with Crippen LogP contribution in [0, 0.1) is 6.92 Å². The molecule has 0 unspecified atom stereocenters. The lowest BCUT2D eigenvalue weighted by atomic mass is 10.2. The van der Waals surface area contributed by atoms with Gasteiger partial charge in [-0.3, -0.25) is 4.79 Å². The maximum atomic E-state index is 12.2. The van der Waals surface area contributed by atoms with Gasteiger partial charge in [0.15, 0.2) is 11.5 Å². The number of fused-ring (bicyclic) bond motifs is 2. The molecule has 0 saturated carbocycles. The Labute approximate surface area is 138 Å². The number of benzene rings is 2. The Morgan fingerprint density at radius 2 is 2.08 bits per heavy atom. The fourth-order valence-corrected chi connectivity index (χ4v) is 2.90. The summed E-state index contributed by atoms with van der Waals surface area (Å²) in [5, 5.41) is 4.10. The molecule has 0 aliphatic carbocycles. The van der Waals surface area contributed by atoms with Crippen LogP contribution < -0.4 is 5.32 Å². The molecule has 0 radical (unpaired) electrons. The molecule has 5 nitrogen and oxygen atoms in total. The molecule has 24 heavy (non-hydrogen) atoms. The van der Waals surface area contributed by atoms with E-state index in [2.05, 4.69) is 33.1 Å². The zero-order chi connectivity index (χ0) is 16.5. The van der Waals surface area contributed by atoms with Gasteiger partial charge in [-0.1, -0.05) is 18.2 Å². The molecule has 0 atom stereocenters. The molecule has 4 aromatic rings. The van der Waals surface area contributed by atoms with E-state index in [1.807, 2.05) is 36.5 Å². The van der Waals surface area contributed by atoms with Crippen LogP contribution in [0.1, 0.15) is 12.3 Å². The number of carbonyl (C=O) groups excluding carboxylic acids is 1. The summed E-state index contributed by atoms with van der Waals surface area (Å²) in [5.74, 6) is 0.598. The van der Waals surface area contributed by atoms with Crippen LogP contribution in [-0.4, -0.2) is 15.5 Å². The minimum atomic E-state index is -0.0210. The molecule has 1 amide bonds. The fraction of sp³-hybridized carbons (Fsp3) is 0.158. The van der Waals surface area contributed by atoms with Gasteiger partial charge in [0, 0.05) is 37.3 Å². The van der Waals surface area contributed by atoms with Gasteiger partial charge in [-0.15, -0.1) is 0 Å². The van der Waals surface area contributed by atoms with Crippen LogP contribution in [0.25, 0.3) is 22.0 Å². The van der Waals surface area contributed by atoms with Crippen LogP contribution in [0.3, 0.4) is 0 Å². The predicted molar refractivity (Wildman–Crippen MR) is 93.9 cm³/mol. The highest BCUT2D eigenvalue weighted by molar-refractivity contribution is 5.92. The predicted octanol–water partition coefficient (Wildman–Crippen LogP) is 4.12. The second kappa shape index (κ2) is 5.85. The second-order valence-corrected chi connectivity index (χ2v) is 5.78. The van der Waals surface area contributed by atoms with Gasteiger partial charge in [-0.05, 0) is 35.7 Å². The van der Waals surface area contributed by atoms with Gasteiger partial charge >= 0.3 is 0 Å². The molecule has 2 heterocycles. The zero-order valence-corrected chi connectivity index (χ0v) is 13.3. The Morgan fingerprint density at radius 3 is 3.00 bits per heavy atom. The number of aryl methyl sites for hydroxylation is 2. The number of carbonyl (C=O) groups is 1. The summed E-state index contributed by atoms with van der Waals surface area (Å²) in [4.78, 5) is 16.5. The second-order valence-electron chi connectivity index (χ2n) is 5.78. The summed E-state index contributed by atoms with van der Waals surface area (Å²) >= 11 is 0. The molecule has 0 aliphatic rings. The molecule has 120 valence electrons.